The minimum atomic E-state index is -0.480. The molecule has 0 aliphatic carbocycles. The van der Waals surface area contributed by atoms with Gasteiger partial charge in [0.2, 0.25) is 5.91 Å². The summed E-state index contributed by atoms with van der Waals surface area (Å²) in [5, 5.41) is 13.0. The van der Waals surface area contributed by atoms with Crippen LogP contribution in [0.4, 0.5) is 5.00 Å². The highest BCUT2D eigenvalue weighted by Gasteiger charge is 2.24. The van der Waals surface area contributed by atoms with Crippen molar-refractivity contribution in [3.05, 3.63) is 58.7 Å². The fraction of sp³-hybridized carbons (Fsp3) is 0.261. The molecule has 30 heavy (non-hydrogen) atoms. The number of nitriles is 1. The van der Waals surface area contributed by atoms with Crippen LogP contribution in [-0.2, 0) is 16.1 Å². The number of thiophene rings is 1. The molecule has 0 aliphatic rings. The second-order valence-corrected chi connectivity index (χ2v) is 7.64. The Labute approximate surface area is 179 Å². The lowest BCUT2D eigenvalue weighted by Crippen LogP contribution is -2.12. The van der Waals surface area contributed by atoms with Gasteiger partial charge in [0.25, 0.3) is 0 Å². The van der Waals surface area contributed by atoms with E-state index in [2.05, 4.69) is 11.4 Å². The van der Waals surface area contributed by atoms with Gasteiger partial charge in [0, 0.05) is 11.8 Å². The summed E-state index contributed by atoms with van der Waals surface area (Å²) < 4.78 is 12.1. The molecule has 1 heterocycles. The summed E-state index contributed by atoms with van der Waals surface area (Å²) in [7, 11) is 0. The Balaban J connectivity index is 2.04. The number of aryl methyl sites for hydroxylation is 1. The van der Waals surface area contributed by atoms with E-state index >= 15 is 0 Å². The molecule has 1 amide bonds. The monoisotopic (exact) mass is 422 g/mol. The summed E-state index contributed by atoms with van der Waals surface area (Å²) in [4.78, 5) is 24.6. The molecule has 6 nitrogen and oxygen atoms in total. The largest absolute Gasteiger partial charge is 0.487 e. The van der Waals surface area contributed by atoms with Crippen molar-refractivity contribution in [3.8, 4) is 11.8 Å². The maximum Gasteiger partial charge on any atom is 0.341 e. The summed E-state index contributed by atoms with van der Waals surface area (Å²) >= 11 is 1.30. The minimum Gasteiger partial charge on any atom is -0.487 e. The smallest absolute Gasteiger partial charge is 0.341 e. The summed E-state index contributed by atoms with van der Waals surface area (Å²) in [5.41, 5.74) is 2.68. The number of fused-ring (bicyclic) bond motifs is 1. The zero-order chi connectivity index (χ0) is 21.7. The van der Waals surface area contributed by atoms with Gasteiger partial charge in [-0.3, -0.25) is 4.79 Å². The van der Waals surface area contributed by atoms with E-state index in [0.717, 1.165) is 15.8 Å². The van der Waals surface area contributed by atoms with Crippen molar-refractivity contribution in [2.45, 2.75) is 33.8 Å². The molecule has 0 bridgehead atoms. The number of benzene rings is 2. The first-order valence-electron chi connectivity index (χ1n) is 9.63. The number of nitrogens with zero attached hydrogens (tertiary/aromatic N) is 1. The third kappa shape index (κ3) is 4.44. The lowest BCUT2D eigenvalue weighted by atomic mass is 10.1. The van der Waals surface area contributed by atoms with E-state index < -0.39 is 5.97 Å². The van der Waals surface area contributed by atoms with E-state index in [9.17, 15) is 9.59 Å². The summed E-state index contributed by atoms with van der Waals surface area (Å²) in [6.07, 6.45) is 0.300. The van der Waals surface area contributed by atoms with Gasteiger partial charge in [-0.15, -0.1) is 11.3 Å². The van der Waals surface area contributed by atoms with Gasteiger partial charge < -0.3 is 14.8 Å². The first kappa shape index (κ1) is 21.3. The van der Waals surface area contributed by atoms with Gasteiger partial charge in [-0.2, -0.15) is 5.26 Å². The van der Waals surface area contributed by atoms with E-state index in [0.29, 0.717) is 33.7 Å². The number of carbonyl (C=O) groups excluding carboxylic acids is 2. The average Bonchev–Trinajstić information content (AvgIpc) is 3.11. The number of rotatable bonds is 7. The van der Waals surface area contributed by atoms with E-state index in [-0.39, 0.29) is 19.1 Å². The molecule has 1 N–H and O–H groups in total. The van der Waals surface area contributed by atoms with Gasteiger partial charge in [-0.1, -0.05) is 31.2 Å². The lowest BCUT2D eigenvalue weighted by Gasteiger charge is -2.11. The first-order valence-corrected chi connectivity index (χ1v) is 10.4. The maximum atomic E-state index is 12.6. The number of carbonyl (C=O) groups is 2. The molecule has 1 aromatic heterocycles. The van der Waals surface area contributed by atoms with Crippen LogP contribution in [0.1, 0.15) is 47.3 Å². The summed E-state index contributed by atoms with van der Waals surface area (Å²) in [6, 6.07) is 13.1. The van der Waals surface area contributed by atoms with Crippen LogP contribution in [-0.4, -0.2) is 18.5 Å². The average molecular weight is 423 g/mol. The van der Waals surface area contributed by atoms with Gasteiger partial charge >= 0.3 is 5.97 Å². The molecule has 7 heteroatoms. The van der Waals surface area contributed by atoms with Crippen molar-refractivity contribution in [2.75, 3.05) is 11.9 Å². The lowest BCUT2D eigenvalue weighted by molar-refractivity contribution is -0.115. The molecule has 0 fully saturated rings. The van der Waals surface area contributed by atoms with Crippen molar-refractivity contribution in [1.29, 1.82) is 5.26 Å². The van der Waals surface area contributed by atoms with Gasteiger partial charge in [0.05, 0.1) is 22.9 Å². The summed E-state index contributed by atoms with van der Waals surface area (Å²) in [6.45, 7) is 5.93. The van der Waals surface area contributed by atoms with E-state index in [1.807, 2.05) is 31.2 Å². The number of nitrogens with one attached hydrogen (secondary N) is 1. The van der Waals surface area contributed by atoms with E-state index in [1.54, 1.807) is 26.0 Å². The Morgan fingerprint density at radius 3 is 2.70 bits per heavy atom. The molecule has 2 aromatic carbocycles. The molecular formula is C23H22N2O4S. The number of anilines is 1. The Morgan fingerprint density at radius 2 is 2.00 bits per heavy atom. The summed E-state index contributed by atoms with van der Waals surface area (Å²) in [5.74, 6) is -0.0197. The molecule has 0 spiro atoms. The van der Waals surface area contributed by atoms with Gasteiger partial charge in [0.1, 0.15) is 22.9 Å². The van der Waals surface area contributed by atoms with Gasteiger partial charge in [0.15, 0.2) is 0 Å². The highest BCUT2D eigenvalue weighted by atomic mass is 32.1. The highest BCUT2D eigenvalue weighted by Crippen LogP contribution is 2.43. The van der Waals surface area contributed by atoms with Crippen LogP contribution in [0.5, 0.6) is 5.75 Å². The van der Waals surface area contributed by atoms with Crippen molar-refractivity contribution < 1.29 is 19.1 Å². The molecule has 0 aliphatic heterocycles. The third-order valence-corrected chi connectivity index (χ3v) is 5.62. The van der Waals surface area contributed by atoms with Crippen LogP contribution in [0.2, 0.25) is 0 Å². The Hall–Kier alpha value is -3.37. The highest BCUT2D eigenvalue weighted by molar-refractivity contribution is 7.24. The maximum absolute atomic E-state index is 12.6. The zero-order valence-electron chi connectivity index (χ0n) is 17.1. The van der Waals surface area contributed by atoms with Crippen LogP contribution in [0.3, 0.4) is 0 Å². The van der Waals surface area contributed by atoms with Crippen molar-refractivity contribution >= 4 is 38.3 Å². The van der Waals surface area contributed by atoms with Crippen LogP contribution < -0.4 is 10.1 Å². The molecule has 0 atom stereocenters. The SMILES string of the molecule is CCOC(=O)c1c(NC(=O)CC)sc2c(OCc3cccc(C#N)c3)c(C)ccc12. The topological polar surface area (TPSA) is 88.4 Å². The molecular weight excluding hydrogens is 400 g/mol. The van der Waals surface area contributed by atoms with Crippen LogP contribution >= 0.6 is 11.3 Å². The molecule has 3 rings (SSSR count). The minimum absolute atomic E-state index is 0.181. The predicted octanol–water partition coefficient (Wildman–Crippen LogP) is 5.19. The van der Waals surface area contributed by atoms with E-state index in [4.69, 9.17) is 14.7 Å². The standard InChI is InChI=1S/C23H22N2O4S/c1-4-18(26)25-22-19(23(27)28-5-2)17-10-9-14(3)20(21(17)30-22)29-13-16-8-6-7-15(11-16)12-24/h6-11H,4-5,13H2,1-3H3,(H,25,26). The zero-order valence-corrected chi connectivity index (χ0v) is 17.9. The fourth-order valence-electron chi connectivity index (χ4n) is 3.01. The van der Waals surface area contributed by atoms with Crippen molar-refractivity contribution in [2.24, 2.45) is 0 Å². The number of amides is 1. The second-order valence-electron chi connectivity index (χ2n) is 6.62. The Morgan fingerprint density at radius 1 is 1.20 bits per heavy atom. The molecule has 0 radical (unpaired) electrons. The Kier molecular flexibility index (Phi) is 6.70. The number of hydrogen-bond acceptors (Lipinski definition) is 6. The van der Waals surface area contributed by atoms with Crippen molar-refractivity contribution in [3.63, 3.8) is 0 Å². The molecule has 3 aromatic rings. The van der Waals surface area contributed by atoms with Crippen LogP contribution in [0.25, 0.3) is 10.1 Å². The quantitative estimate of drug-likeness (QED) is 0.530. The number of hydrogen-bond donors (Lipinski definition) is 1. The second kappa shape index (κ2) is 9.42. The molecule has 0 unspecified atom stereocenters. The van der Waals surface area contributed by atoms with E-state index in [1.165, 1.54) is 11.3 Å². The Bertz CT molecular complexity index is 1140. The number of ether oxygens (including phenoxy) is 2. The normalized spacial score (nSPS) is 10.5. The molecule has 0 saturated heterocycles. The van der Waals surface area contributed by atoms with Gasteiger partial charge in [-0.05, 0) is 37.1 Å². The first-order chi connectivity index (χ1) is 14.5. The fourth-order valence-corrected chi connectivity index (χ4v) is 4.27. The number of esters is 1. The third-order valence-electron chi connectivity index (χ3n) is 4.50. The molecule has 0 saturated carbocycles. The van der Waals surface area contributed by atoms with Crippen molar-refractivity contribution in [1.82, 2.24) is 0 Å². The van der Waals surface area contributed by atoms with Crippen LogP contribution in [0, 0.1) is 18.3 Å². The van der Waals surface area contributed by atoms with Gasteiger partial charge in [-0.25, -0.2) is 4.79 Å². The molecule has 154 valence electrons. The predicted molar refractivity (Wildman–Crippen MR) is 117 cm³/mol. The van der Waals surface area contributed by atoms with Crippen LogP contribution in [0.15, 0.2) is 36.4 Å².